The van der Waals surface area contributed by atoms with Crippen LogP contribution in [0.2, 0.25) is 0 Å². The standard InChI is InChI=1S/C8H10Br2O5/c1-13-3-4-15-8(12)6(10)5(9)7(11)14-2/h3-4H2,1-2H3/b6-5+. The second-order valence-electron chi connectivity index (χ2n) is 2.25. The van der Waals surface area contributed by atoms with Gasteiger partial charge in [-0.05, 0) is 31.9 Å². The van der Waals surface area contributed by atoms with Gasteiger partial charge in [0.25, 0.3) is 0 Å². The van der Waals surface area contributed by atoms with E-state index in [1.54, 1.807) is 0 Å². The van der Waals surface area contributed by atoms with E-state index in [0.717, 1.165) is 0 Å². The predicted octanol–water partition coefficient (Wildman–Crippen LogP) is 1.35. The van der Waals surface area contributed by atoms with Crippen molar-refractivity contribution in [2.24, 2.45) is 0 Å². The molecule has 0 aromatic carbocycles. The lowest BCUT2D eigenvalue weighted by Crippen LogP contribution is -2.12. The minimum absolute atomic E-state index is 0.0209. The van der Waals surface area contributed by atoms with E-state index in [0.29, 0.717) is 6.61 Å². The molecule has 0 aliphatic heterocycles. The summed E-state index contributed by atoms with van der Waals surface area (Å²) in [6.07, 6.45) is 0. The Kier molecular flexibility index (Phi) is 7.63. The van der Waals surface area contributed by atoms with E-state index >= 15 is 0 Å². The molecule has 0 rings (SSSR count). The minimum atomic E-state index is -0.663. The minimum Gasteiger partial charge on any atom is -0.465 e. The monoisotopic (exact) mass is 344 g/mol. The second-order valence-corrected chi connectivity index (χ2v) is 3.83. The summed E-state index contributed by atoms with van der Waals surface area (Å²) in [6, 6.07) is 0. The third-order valence-electron chi connectivity index (χ3n) is 1.26. The van der Waals surface area contributed by atoms with E-state index in [4.69, 9.17) is 4.74 Å². The molecule has 0 saturated heterocycles. The van der Waals surface area contributed by atoms with Crippen molar-refractivity contribution < 1.29 is 23.8 Å². The van der Waals surface area contributed by atoms with E-state index < -0.39 is 11.9 Å². The lowest BCUT2D eigenvalue weighted by molar-refractivity contribution is -0.140. The lowest BCUT2D eigenvalue weighted by atomic mass is 10.5. The SMILES string of the molecule is COCCOC(=O)/C(Br)=C(\Br)C(=O)OC. The Labute approximate surface area is 104 Å². The Morgan fingerprint density at radius 2 is 1.53 bits per heavy atom. The molecule has 0 N–H and O–H groups in total. The van der Waals surface area contributed by atoms with Crippen LogP contribution in [-0.4, -0.2) is 39.4 Å². The summed E-state index contributed by atoms with van der Waals surface area (Å²) >= 11 is 5.82. The number of hydrogen-bond donors (Lipinski definition) is 0. The molecule has 0 bridgehead atoms. The molecule has 15 heavy (non-hydrogen) atoms. The Morgan fingerprint density at radius 3 is 2.00 bits per heavy atom. The molecule has 0 aromatic heterocycles. The molecule has 0 aliphatic rings. The Balaban J connectivity index is 4.35. The molecular weight excluding hydrogens is 336 g/mol. The average molecular weight is 346 g/mol. The smallest absolute Gasteiger partial charge is 0.346 e. The number of esters is 2. The molecule has 0 amide bonds. The van der Waals surface area contributed by atoms with Crippen LogP contribution in [0.15, 0.2) is 8.96 Å². The maximum absolute atomic E-state index is 11.3. The van der Waals surface area contributed by atoms with Crippen molar-refractivity contribution in [1.29, 1.82) is 0 Å². The fraction of sp³-hybridized carbons (Fsp3) is 0.500. The molecule has 7 heteroatoms. The van der Waals surface area contributed by atoms with E-state index in [9.17, 15) is 9.59 Å². The van der Waals surface area contributed by atoms with Crippen molar-refractivity contribution in [2.75, 3.05) is 27.4 Å². The molecule has 0 unspecified atom stereocenters. The molecule has 86 valence electrons. The molecule has 0 atom stereocenters. The third-order valence-corrected chi connectivity index (χ3v) is 3.23. The summed E-state index contributed by atoms with van der Waals surface area (Å²) in [5.41, 5.74) is 0. The van der Waals surface area contributed by atoms with Gasteiger partial charge in [-0.25, -0.2) is 9.59 Å². The lowest BCUT2D eigenvalue weighted by Gasteiger charge is -2.04. The first-order valence-corrected chi connectivity index (χ1v) is 5.42. The van der Waals surface area contributed by atoms with E-state index in [1.165, 1.54) is 14.2 Å². The maximum atomic E-state index is 11.3. The first-order valence-electron chi connectivity index (χ1n) is 3.84. The van der Waals surface area contributed by atoms with Gasteiger partial charge in [-0.3, -0.25) is 0 Å². The van der Waals surface area contributed by atoms with Crippen molar-refractivity contribution in [3.05, 3.63) is 8.96 Å². The maximum Gasteiger partial charge on any atom is 0.346 e. The fourth-order valence-electron chi connectivity index (χ4n) is 0.550. The van der Waals surface area contributed by atoms with E-state index in [1.807, 2.05) is 0 Å². The second kappa shape index (κ2) is 7.84. The van der Waals surface area contributed by atoms with Crippen LogP contribution >= 0.6 is 31.9 Å². The van der Waals surface area contributed by atoms with Gasteiger partial charge in [-0.15, -0.1) is 0 Å². The number of carbonyl (C=O) groups is 2. The zero-order chi connectivity index (χ0) is 11.8. The highest BCUT2D eigenvalue weighted by atomic mass is 79.9. The van der Waals surface area contributed by atoms with Gasteiger partial charge < -0.3 is 14.2 Å². The zero-order valence-corrected chi connectivity index (χ0v) is 11.4. The highest BCUT2D eigenvalue weighted by Gasteiger charge is 2.18. The number of carbonyl (C=O) groups excluding carboxylic acids is 2. The normalized spacial score (nSPS) is 11.7. The third kappa shape index (κ3) is 5.29. The Bertz CT molecular complexity index is 274. The summed E-state index contributed by atoms with van der Waals surface area (Å²) in [6.45, 7) is 0.410. The Hall–Kier alpha value is -0.400. The number of rotatable bonds is 5. The van der Waals surface area contributed by atoms with Crippen molar-refractivity contribution in [1.82, 2.24) is 0 Å². The fourth-order valence-corrected chi connectivity index (χ4v) is 1.15. The Morgan fingerprint density at radius 1 is 1.00 bits per heavy atom. The van der Waals surface area contributed by atoms with Crippen molar-refractivity contribution in [3.63, 3.8) is 0 Å². The van der Waals surface area contributed by atoms with Gasteiger partial charge >= 0.3 is 11.9 Å². The largest absolute Gasteiger partial charge is 0.465 e. The first-order chi connectivity index (χ1) is 7.04. The molecule has 0 radical (unpaired) electrons. The molecule has 0 spiro atoms. The number of methoxy groups -OCH3 is 2. The van der Waals surface area contributed by atoms with Crippen molar-refractivity contribution >= 4 is 43.8 Å². The van der Waals surface area contributed by atoms with Gasteiger partial charge in [-0.2, -0.15) is 0 Å². The van der Waals surface area contributed by atoms with Gasteiger partial charge in [0, 0.05) is 7.11 Å². The summed E-state index contributed by atoms with van der Waals surface area (Å²) < 4.78 is 13.8. The van der Waals surface area contributed by atoms with Gasteiger partial charge in [-0.1, -0.05) is 0 Å². The van der Waals surface area contributed by atoms with Gasteiger partial charge in [0.05, 0.1) is 13.7 Å². The predicted molar refractivity (Wildman–Crippen MR) is 59.7 cm³/mol. The van der Waals surface area contributed by atoms with E-state index in [-0.39, 0.29) is 15.6 Å². The van der Waals surface area contributed by atoms with Crippen LogP contribution < -0.4 is 0 Å². The first kappa shape index (κ1) is 14.6. The van der Waals surface area contributed by atoms with Crippen LogP contribution in [0.5, 0.6) is 0 Å². The molecule has 0 heterocycles. The van der Waals surface area contributed by atoms with E-state index in [2.05, 4.69) is 41.3 Å². The van der Waals surface area contributed by atoms with Crippen LogP contribution in [-0.2, 0) is 23.8 Å². The van der Waals surface area contributed by atoms with Crippen LogP contribution in [0.1, 0.15) is 0 Å². The van der Waals surface area contributed by atoms with Gasteiger partial charge in [0.1, 0.15) is 15.6 Å². The molecule has 5 nitrogen and oxygen atoms in total. The molecule has 0 aliphatic carbocycles. The van der Waals surface area contributed by atoms with Crippen molar-refractivity contribution in [3.8, 4) is 0 Å². The van der Waals surface area contributed by atoms with Crippen molar-refractivity contribution in [2.45, 2.75) is 0 Å². The molecule has 0 aromatic rings. The van der Waals surface area contributed by atoms with Crippen LogP contribution in [0.4, 0.5) is 0 Å². The quantitative estimate of drug-likeness (QED) is 0.427. The number of halogens is 2. The number of hydrogen-bond acceptors (Lipinski definition) is 5. The topological polar surface area (TPSA) is 61.8 Å². The summed E-state index contributed by atoms with van der Waals surface area (Å²) in [7, 11) is 2.70. The zero-order valence-electron chi connectivity index (χ0n) is 8.21. The van der Waals surface area contributed by atoms with Gasteiger partial charge in [0.15, 0.2) is 0 Å². The summed E-state index contributed by atoms with van der Waals surface area (Å²) in [5.74, 6) is -1.32. The summed E-state index contributed by atoms with van der Waals surface area (Å²) in [5, 5.41) is 0. The molecule has 0 fully saturated rings. The van der Waals surface area contributed by atoms with Crippen LogP contribution in [0.3, 0.4) is 0 Å². The highest BCUT2D eigenvalue weighted by molar-refractivity contribution is 9.14. The highest BCUT2D eigenvalue weighted by Crippen LogP contribution is 2.20. The number of ether oxygens (including phenoxy) is 3. The molecule has 0 saturated carbocycles. The van der Waals surface area contributed by atoms with Gasteiger partial charge in [0.2, 0.25) is 0 Å². The summed E-state index contributed by atoms with van der Waals surface area (Å²) in [4.78, 5) is 22.3. The van der Waals surface area contributed by atoms with Crippen LogP contribution in [0, 0.1) is 0 Å². The van der Waals surface area contributed by atoms with Crippen LogP contribution in [0.25, 0.3) is 0 Å². The molecular formula is C8H10Br2O5. The average Bonchev–Trinajstić information content (AvgIpc) is 2.26.